The van der Waals surface area contributed by atoms with Gasteiger partial charge in [-0.05, 0) is 34.0 Å². The van der Waals surface area contributed by atoms with Gasteiger partial charge in [0.05, 0.1) is 5.92 Å². The lowest BCUT2D eigenvalue weighted by Gasteiger charge is -2.37. The zero-order chi connectivity index (χ0) is 14.1. The van der Waals surface area contributed by atoms with Crippen LogP contribution in [0.3, 0.4) is 0 Å². The molecule has 0 amide bonds. The summed E-state index contributed by atoms with van der Waals surface area (Å²) in [6.07, 6.45) is 1.97. The number of likely N-dealkylation sites (N-methyl/N-ethyl adjacent to an activating group) is 2. The fourth-order valence-electron chi connectivity index (χ4n) is 3.23. The van der Waals surface area contributed by atoms with Crippen molar-refractivity contribution in [2.24, 2.45) is 0 Å². The van der Waals surface area contributed by atoms with Crippen LogP contribution in [-0.4, -0.2) is 72.3 Å². The monoisotopic (exact) mass is 279 g/mol. The van der Waals surface area contributed by atoms with E-state index in [9.17, 15) is 0 Å². The Labute approximate surface area is 120 Å². The first kappa shape index (κ1) is 14.0. The van der Waals surface area contributed by atoms with E-state index in [2.05, 4.69) is 46.3 Å². The van der Waals surface area contributed by atoms with Crippen LogP contribution < -0.4 is 5.32 Å². The smallest absolute Gasteiger partial charge is 0.231 e. The van der Waals surface area contributed by atoms with E-state index in [-0.39, 0.29) is 0 Å². The first-order valence-electron chi connectivity index (χ1n) is 7.58. The molecule has 0 aliphatic carbocycles. The molecule has 0 saturated carbocycles. The Balaban J connectivity index is 1.64. The Bertz CT molecular complexity index is 449. The summed E-state index contributed by atoms with van der Waals surface area (Å²) in [6.45, 7) is 6.54. The normalized spacial score (nSPS) is 32.9. The van der Waals surface area contributed by atoms with Gasteiger partial charge in [-0.2, -0.15) is 4.98 Å². The van der Waals surface area contributed by atoms with E-state index in [0.29, 0.717) is 18.0 Å². The van der Waals surface area contributed by atoms with Crippen molar-refractivity contribution in [2.45, 2.75) is 37.8 Å². The predicted molar refractivity (Wildman–Crippen MR) is 76.7 cm³/mol. The summed E-state index contributed by atoms with van der Waals surface area (Å²) < 4.78 is 5.49. The van der Waals surface area contributed by atoms with Gasteiger partial charge in [0.25, 0.3) is 0 Å². The van der Waals surface area contributed by atoms with Crippen LogP contribution >= 0.6 is 0 Å². The SMILES string of the molecule is CC1NCCC1c1nc(CC2CN(C)CCN2C)no1. The van der Waals surface area contributed by atoms with E-state index in [1.165, 1.54) is 0 Å². The van der Waals surface area contributed by atoms with Crippen molar-refractivity contribution in [2.75, 3.05) is 40.3 Å². The summed E-state index contributed by atoms with van der Waals surface area (Å²) in [7, 11) is 4.36. The molecule has 20 heavy (non-hydrogen) atoms. The molecule has 3 heterocycles. The molecule has 0 bridgehead atoms. The standard InChI is InChI=1S/C14H25N5O/c1-10-12(4-5-15-10)14-16-13(17-20-14)8-11-9-18(2)6-7-19(11)3/h10-12,15H,4-9H2,1-3H3. The Morgan fingerprint density at radius 3 is 2.95 bits per heavy atom. The third-order valence-electron chi connectivity index (χ3n) is 4.72. The van der Waals surface area contributed by atoms with E-state index in [1.54, 1.807) is 0 Å². The second kappa shape index (κ2) is 5.79. The molecule has 2 aliphatic rings. The number of hydrogen-bond donors (Lipinski definition) is 1. The van der Waals surface area contributed by atoms with E-state index in [4.69, 9.17) is 4.52 Å². The summed E-state index contributed by atoms with van der Waals surface area (Å²) in [6, 6.07) is 0.921. The first-order chi connectivity index (χ1) is 9.63. The van der Waals surface area contributed by atoms with Crippen molar-refractivity contribution in [1.29, 1.82) is 0 Å². The molecule has 3 rings (SSSR count). The number of hydrogen-bond acceptors (Lipinski definition) is 6. The first-order valence-corrected chi connectivity index (χ1v) is 7.58. The molecular weight excluding hydrogens is 254 g/mol. The van der Waals surface area contributed by atoms with Gasteiger partial charge >= 0.3 is 0 Å². The van der Waals surface area contributed by atoms with Crippen LogP contribution in [0.1, 0.15) is 31.0 Å². The second-order valence-electron chi connectivity index (χ2n) is 6.29. The maximum absolute atomic E-state index is 5.49. The van der Waals surface area contributed by atoms with Crippen LogP contribution in [0.2, 0.25) is 0 Å². The number of rotatable bonds is 3. The van der Waals surface area contributed by atoms with Gasteiger partial charge in [0, 0.05) is 38.1 Å². The number of aromatic nitrogens is 2. The van der Waals surface area contributed by atoms with E-state index >= 15 is 0 Å². The van der Waals surface area contributed by atoms with Gasteiger partial charge in [-0.1, -0.05) is 5.16 Å². The van der Waals surface area contributed by atoms with Gasteiger partial charge in [-0.25, -0.2) is 0 Å². The lowest BCUT2D eigenvalue weighted by molar-refractivity contribution is 0.113. The van der Waals surface area contributed by atoms with Crippen molar-refractivity contribution < 1.29 is 4.52 Å². The maximum atomic E-state index is 5.49. The quantitative estimate of drug-likeness (QED) is 0.860. The van der Waals surface area contributed by atoms with Crippen molar-refractivity contribution in [3.63, 3.8) is 0 Å². The highest BCUT2D eigenvalue weighted by atomic mass is 16.5. The molecule has 6 heteroatoms. The van der Waals surface area contributed by atoms with E-state index < -0.39 is 0 Å². The molecule has 6 nitrogen and oxygen atoms in total. The summed E-state index contributed by atoms with van der Waals surface area (Å²) in [5.41, 5.74) is 0. The summed E-state index contributed by atoms with van der Waals surface area (Å²) >= 11 is 0. The van der Waals surface area contributed by atoms with Gasteiger partial charge in [0.2, 0.25) is 5.89 Å². The van der Waals surface area contributed by atoms with Gasteiger partial charge in [-0.15, -0.1) is 0 Å². The molecule has 112 valence electrons. The summed E-state index contributed by atoms with van der Waals surface area (Å²) in [4.78, 5) is 9.40. The van der Waals surface area contributed by atoms with E-state index in [1.807, 2.05) is 0 Å². The van der Waals surface area contributed by atoms with Crippen LogP contribution in [0.15, 0.2) is 4.52 Å². The molecule has 3 atom stereocenters. The average Bonchev–Trinajstić information content (AvgIpc) is 3.02. The fourth-order valence-corrected chi connectivity index (χ4v) is 3.23. The Morgan fingerprint density at radius 1 is 1.35 bits per heavy atom. The Kier molecular flexibility index (Phi) is 4.05. The van der Waals surface area contributed by atoms with Gasteiger partial charge in [-0.3, -0.25) is 0 Å². The van der Waals surface area contributed by atoms with Crippen molar-refractivity contribution in [1.82, 2.24) is 25.3 Å². The molecule has 0 aromatic carbocycles. The highest BCUT2D eigenvalue weighted by molar-refractivity contribution is 5.03. The minimum atomic E-state index is 0.378. The third-order valence-corrected chi connectivity index (χ3v) is 4.72. The van der Waals surface area contributed by atoms with Crippen LogP contribution in [0, 0.1) is 0 Å². The lowest BCUT2D eigenvalue weighted by Crippen LogP contribution is -2.50. The van der Waals surface area contributed by atoms with Crippen molar-refractivity contribution in [3.8, 4) is 0 Å². The predicted octanol–water partition coefficient (Wildman–Crippen LogP) is 0.323. The average molecular weight is 279 g/mol. The number of piperazine rings is 1. The molecule has 2 fully saturated rings. The molecule has 1 aromatic rings. The van der Waals surface area contributed by atoms with Crippen LogP contribution in [0.5, 0.6) is 0 Å². The summed E-state index contributed by atoms with van der Waals surface area (Å²) in [5.74, 6) is 2.04. The van der Waals surface area contributed by atoms with Crippen LogP contribution in [0.25, 0.3) is 0 Å². The third kappa shape index (κ3) is 2.87. The maximum Gasteiger partial charge on any atom is 0.231 e. The molecule has 0 spiro atoms. The van der Waals surface area contributed by atoms with E-state index in [0.717, 1.165) is 50.7 Å². The molecule has 2 aliphatic heterocycles. The molecule has 0 radical (unpaired) electrons. The number of nitrogens with zero attached hydrogens (tertiary/aromatic N) is 4. The van der Waals surface area contributed by atoms with Crippen LogP contribution in [-0.2, 0) is 6.42 Å². The van der Waals surface area contributed by atoms with Gasteiger partial charge < -0.3 is 19.6 Å². The largest absolute Gasteiger partial charge is 0.339 e. The number of nitrogens with one attached hydrogen (secondary N) is 1. The highest BCUT2D eigenvalue weighted by Gasteiger charge is 2.30. The van der Waals surface area contributed by atoms with Gasteiger partial charge in [0.15, 0.2) is 5.82 Å². The minimum absolute atomic E-state index is 0.378. The molecule has 1 aromatic heterocycles. The van der Waals surface area contributed by atoms with Crippen molar-refractivity contribution >= 4 is 0 Å². The topological polar surface area (TPSA) is 57.4 Å². The van der Waals surface area contributed by atoms with Crippen LogP contribution in [0.4, 0.5) is 0 Å². The van der Waals surface area contributed by atoms with Gasteiger partial charge in [0.1, 0.15) is 0 Å². The summed E-state index contributed by atoms with van der Waals surface area (Å²) in [5, 5.41) is 7.62. The Morgan fingerprint density at radius 2 is 2.20 bits per heavy atom. The van der Waals surface area contributed by atoms with Crippen molar-refractivity contribution in [3.05, 3.63) is 11.7 Å². The molecule has 3 unspecified atom stereocenters. The Hall–Kier alpha value is -0.980. The zero-order valence-electron chi connectivity index (χ0n) is 12.7. The molecule has 1 N–H and O–H groups in total. The zero-order valence-corrected chi connectivity index (χ0v) is 12.7. The highest BCUT2D eigenvalue weighted by Crippen LogP contribution is 2.26. The fraction of sp³-hybridized carbons (Fsp3) is 0.857. The molecular formula is C14H25N5O. The lowest BCUT2D eigenvalue weighted by atomic mass is 10.0. The second-order valence-corrected chi connectivity index (χ2v) is 6.29. The molecule has 2 saturated heterocycles. The minimum Gasteiger partial charge on any atom is -0.339 e.